The lowest BCUT2D eigenvalue weighted by atomic mass is 9.82. The predicted molar refractivity (Wildman–Crippen MR) is 235 cm³/mol. The van der Waals surface area contributed by atoms with Crippen molar-refractivity contribution >= 4 is 61.6 Å². The first-order chi connectivity index (χ1) is 27.2. The van der Waals surface area contributed by atoms with Gasteiger partial charge in [-0.25, -0.2) is 4.98 Å². The number of rotatable bonds is 7. The molecule has 1 heterocycles. The summed E-state index contributed by atoms with van der Waals surface area (Å²) in [6, 6.07) is 67.1. The van der Waals surface area contributed by atoms with Gasteiger partial charge in [-0.2, -0.15) is 0 Å². The molecule has 1 aromatic heterocycles. The molecular weight excluding hydrogens is 665 g/mol. The van der Waals surface area contributed by atoms with Crippen LogP contribution in [0.15, 0.2) is 195 Å². The van der Waals surface area contributed by atoms with E-state index >= 15 is 0 Å². The molecule has 2 nitrogen and oxygen atoms in total. The monoisotopic (exact) mass is 700 g/mol. The average Bonchev–Trinajstić information content (AvgIpc) is 3.65. The van der Waals surface area contributed by atoms with Gasteiger partial charge >= 0.3 is 0 Å². The lowest BCUT2D eigenvalue weighted by Crippen LogP contribution is -1.97. The van der Waals surface area contributed by atoms with E-state index in [1.54, 1.807) is 0 Å². The average molecular weight is 701 g/mol. The summed E-state index contributed by atoms with van der Waals surface area (Å²) in [4.78, 5) is 5.09. The van der Waals surface area contributed by atoms with Crippen LogP contribution >= 0.6 is 0 Å². The van der Waals surface area contributed by atoms with Crippen LogP contribution in [-0.4, -0.2) is 9.55 Å². The van der Waals surface area contributed by atoms with Crippen molar-refractivity contribution in [3.8, 4) is 39.3 Å². The number of hydrogen-bond acceptors (Lipinski definition) is 1. The Morgan fingerprint density at radius 2 is 0.964 bits per heavy atom. The molecule has 0 saturated carbocycles. The van der Waals surface area contributed by atoms with Crippen LogP contribution in [0.3, 0.4) is 0 Å². The fourth-order valence-corrected chi connectivity index (χ4v) is 8.16. The summed E-state index contributed by atoms with van der Waals surface area (Å²) in [5.41, 5.74) is 12.3. The molecule has 0 saturated heterocycles. The molecule has 0 bridgehead atoms. The number of para-hydroxylation sites is 3. The summed E-state index contributed by atoms with van der Waals surface area (Å²) in [5, 5.41) is 7.31. The number of hydrogen-bond donors (Lipinski definition) is 0. The molecular formula is C53H36N2. The van der Waals surface area contributed by atoms with E-state index in [9.17, 15) is 0 Å². The van der Waals surface area contributed by atoms with Gasteiger partial charge in [0, 0.05) is 11.3 Å². The topological polar surface area (TPSA) is 17.8 Å². The molecule has 0 N–H and O–H groups in total. The molecule has 10 rings (SSSR count). The second kappa shape index (κ2) is 13.6. The highest BCUT2D eigenvalue weighted by Gasteiger charge is 2.20. The van der Waals surface area contributed by atoms with Crippen LogP contribution in [0.25, 0.3) is 101 Å². The second-order valence-electron chi connectivity index (χ2n) is 14.0. The fourth-order valence-electron chi connectivity index (χ4n) is 8.16. The van der Waals surface area contributed by atoms with Crippen molar-refractivity contribution < 1.29 is 0 Å². The van der Waals surface area contributed by atoms with Crippen LogP contribution in [0.5, 0.6) is 0 Å². The lowest BCUT2D eigenvalue weighted by molar-refractivity contribution is 1.10. The third-order valence-electron chi connectivity index (χ3n) is 10.8. The largest absolute Gasteiger partial charge is 0.292 e. The van der Waals surface area contributed by atoms with Crippen molar-refractivity contribution in [3.63, 3.8) is 0 Å². The summed E-state index contributed by atoms with van der Waals surface area (Å²) in [6.45, 7) is 4.44. The Bertz CT molecular complexity index is 3090. The van der Waals surface area contributed by atoms with E-state index in [1.807, 2.05) is 18.2 Å². The maximum atomic E-state index is 5.09. The van der Waals surface area contributed by atoms with Gasteiger partial charge in [-0.1, -0.05) is 176 Å². The molecule has 0 aliphatic rings. The third-order valence-corrected chi connectivity index (χ3v) is 10.8. The molecule has 0 amide bonds. The molecule has 55 heavy (non-hydrogen) atoms. The zero-order chi connectivity index (χ0) is 36.7. The molecule has 0 radical (unpaired) electrons. The number of nitrogens with zero attached hydrogens (tertiary/aromatic N) is 2. The van der Waals surface area contributed by atoms with Crippen LogP contribution in [0.1, 0.15) is 16.7 Å². The lowest BCUT2D eigenvalue weighted by Gasteiger charge is -2.21. The Morgan fingerprint density at radius 1 is 0.436 bits per heavy atom. The van der Waals surface area contributed by atoms with Gasteiger partial charge in [0.1, 0.15) is 5.82 Å². The van der Waals surface area contributed by atoms with Crippen LogP contribution in [0.2, 0.25) is 0 Å². The van der Waals surface area contributed by atoms with Crippen molar-refractivity contribution in [2.24, 2.45) is 0 Å². The highest BCUT2D eigenvalue weighted by Crippen LogP contribution is 2.44. The maximum Gasteiger partial charge on any atom is 0.145 e. The first-order valence-corrected chi connectivity index (χ1v) is 18.7. The molecule has 0 spiro atoms. The van der Waals surface area contributed by atoms with E-state index in [2.05, 4.69) is 199 Å². The first kappa shape index (κ1) is 32.4. The van der Waals surface area contributed by atoms with Crippen molar-refractivity contribution in [1.82, 2.24) is 9.55 Å². The van der Waals surface area contributed by atoms with Gasteiger partial charge in [0.25, 0.3) is 0 Å². The van der Waals surface area contributed by atoms with Crippen LogP contribution in [0.4, 0.5) is 0 Å². The number of imidazole rings is 1. The first-order valence-electron chi connectivity index (χ1n) is 18.7. The maximum absolute atomic E-state index is 5.09. The third kappa shape index (κ3) is 5.72. The Kier molecular flexibility index (Phi) is 8.00. The van der Waals surface area contributed by atoms with Crippen molar-refractivity contribution in [2.75, 3.05) is 0 Å². The van der Waals surface area contributed by atoms with Crippen molar-refractivity contribution in [2.45, 2.75) is 0 Å². The van der Waals surface area contributed by atoms with E-state index in [0.29, 0.717) is 0 Å². The van der Waals surface area contributed by atoms with E-state index < -0.39 is 0 Å². The zero-order valence-corrected chi connectivity index (χ0v) is 30.2. The van der Waals surface area contributed by atoms with Crippen LogP contribution in [-0.2, 0) is 0 Å². The minimum absolute atomic E-state index is 0.921. The van der Waals surface area contributed by atoms with Crippen molar-refractivity contribution in [3.05, 3.63) is 211 Å². The summed E-state index contributed by atoms with van der Waals surface area (Å²) in [7, 11) is 0. The summed E-state index contributed by atoms with van der Waals surface area (Å²) < 4.78 is 2.25. The number of aromatic nitrogens is 2. The molecule has 0 aliphatic heterocycles. The molecule has 2 heteroatoms. The van der Waals surface area contributed by atoms with Gasteiger partial charge < -0.3 is 0 Å². The molecule has 0 fully saturated rings. The Hall–Kier alpha value is -7.29. The molecule has 0 aliphatic carbocycles. The van der Waals surface area contributed by atoms with Gasteiger partial charge in [-0.15, -0.1) is 0 Å². The highest BCUT2D eigenvalue weighted by atomic mass is 15.1. The SMILES string of the molecule is C=Cc1c(/C=C/c2ccc(-c3nc4ccccc4n3-c3ccccc3)cc2)c(-c2ccc3ccccc3c2)c2ccccc2c1-c1ccc2ccccc2c1. The van der Waals surface area contributed by atoms with Crippen LogP contribution in [0, 0.1) is 0 Å². The van der Waals surface area contributed by atoms with Gasteiger partial charge in [0.05, 0.1) is 11.0 Å². The summed E-state index contributed by atoms with van der Waals surface area (Å²) in [5.74, 6) is 0.921. The molecule has 10 aromatic rings. The Morgan fingerprint density at radius 3 is 1.60 bits per heavy atom. The van der Waals surface area contributed by atoms with Gasteiger partial charge in [0.15, 0.2) is 0 Å². The van der Waals surface area contributed by atoms with E-state index in [-0.39, 0.29) is 0 Å². The Labute approximate surface area is 320 Å². The summed E-state index contributed by atoms with van der Waals surface area (Å²) >= 11 is 0. The zero-order valence-electron chi connectivity index (χ0n) is 30.2. The van der Waals surface area contributed by atoms with E-state index in [1.165, 1.54) is 54.6 Å². The summed E-state index contributed by atoms with van der Waals surface area (Å²) in [6.07, 6.45) is 6.56. The minimum atomic E-state index is 0.921. The van der Waals surface area contributed by atoms with Crippen molar-refractivity contribution in [1.29, 1.82) is 0 Å². The van der Waals surface area contributed by atoms with Gasteiger partial charge in [0.2, 0.25) is 0 Å². The minimum Gasteiger partial charge on any atom is -0.292 e. The molecule has 0 unspecified atom stereocenters. The van der Waals surface area contributed by atoms with Gasteiger partial charge in [-0.05, 0) is 108 Å². The molecule has 0 atom stereocenters. The Balaban J connectivity index is 1.15. The van der Waals surface area contributed by atoms with Crippen LogP contribution < -0.4 is 0 Å². The quantitative estimate of drug-likeness (QED) is 0.151. The number of fused-ring (bicyclic) bond motifs is 4. The standard InChI is InChI=1S/C53H36N2/c1-2-45-48(33-26-36-24-27-39(28-25-36)53-54-49-22-12-13-23-50(49)55(53)44-18-4-3-5-19-44)52(43-32-30-38-15-7-9-17-41(38)35-43)47-21-11-10-20-46(47)51(45)42-31-29-37-14-6-8-16-40(37)34-42/h2-35H,1H2/b33-26+. The number of benzene rings is 9. The molecule has 9 aromatic carbocycles. The highest BCUT2D eigenvalue weighted by molar-refractivity contribution is 6.13. The van der Waals surface area contributed by atoms with E-state index in [4.69, 9.17) is 4.98 Å². The second-order valence-corrected chi connectivity index (χ2v) is 14.0. The normalized spacial score (nSPS) is 11.6. The van der Waals surface area contributed by atoms with Gasteiger partial charge in [-0.3, -0.25) is 4.57 Å². The predicted octanol–water partition coefficient (Wildman–Crippen LogP) is 14.3. The fraction of sp³-hybridized carbons (Fsp3) is 0. The molecule has 258 valence electrons. The smallest absolute Gasteiger partial charge is 0.145 e. The van der Waals surface area contributed by atoms with E-state index in [0.717, 1.165) is 44.8 Å².